The molecule has 1 heterocycles. The van der Waals surface area contributed by atoms with Gasteiger partial charge in [0.05, 0.1) is 25.0 Å². The van der Waals surface area contributed by atoms with Crippen molar-refractivity contribution in [1.29, 1.82) is 0 Å². The van der Waals surface area contributed by atoms with E-state index in [0.29, 0.717) is 37.7 Å². The fraction of sp³-hybridized carbons (Fsp3) is 0.269. The van der Waals surface area contributed by atoms with E-state index < -0.39 is 6.04 Å². The number of nitrogens with one attached hydrogen (secondary N) is 1. The number of nitrogens with zero attached hydrogens (tertiary/aromatic N) is 1. The summed E-state index contributed by atoms with van der Waals surface area (Å²) in [6.45, 7) is 4.03. The average molecular weight is 435 g/mol. The highest BCUT2D eigenvalue weighted by Gasteiger charge is 2.33. The Morgan fingerprint density at radius 3 is 2.56 bits per heavy atom. The van der Waals surface area contributed by atoms with E-state index in [1.165, 1.54) is 12.1 Å². The van der Waals surface area contributed by atoms with Gasteiger partial charge in [-0.1, -0.05) is 54.6 Å². The topological polar surface area (TPSA) is 50.8 Å². The molecule has 0 spiro atoms. The van der Waals surface area contributed by atoms with Gasteiger partial charge in [-0.05, 0) is 42.3 Å². The molecule has 5 nitrogen and oxygen atoms in total. The van der Waals surface area contributed by atoms with Crippen LogP contribution >= 0.6 is 0 Å². The highest BCUT2D eigenvalue weighted by molar-refractivity contribution is 5.96. The molecule has 0 bridgehead atoms. The summed E-state index contributed by atoms with van der Waals surface area (Å²) in [7, 11) is 0. The fourth-order valence-corrected chi connectivity index (χ4v) is 4.00. The van der Waals surface area contributed by atoms with Crippen LogP contribution in [0.4, 0.5) is 10.1 Å². The van der Waals surface area contributed by atoms with Crippen LogP contribution in [0.3, 0.4) is 0 Å². The van der Waals surface area contributed by atoms with Gasteiger partial charge in [0.25, 0.3) is 0 Å². The summed E-state index contributed by atoms with van der Waals surface area (Å²) in [5.74, 6) is 0.223. The quantitative estimate of drug-likeness (QED) is 0.570. The maximum atomic E-state index is 13.6. The Kier molecular flexibility index (Phi) is 7.14. The van der Waals surface area contributed by atoms with Crippen molar-refractivity contribution < 1.29 is 18.7 Å². The second-order valence-electron chi connectivity index (χ2n) is 7.64. The van der Waals surface area contributed by atoms with Crippen LogP contribution in [0.2, 0.25) is 0 Å². The Morgan fingerprint density at radius 1 is 1.09 bits per heavy atom. The lowest BCUT2D eigenvalue weighted by Crippen LogP contribution is -2.45. The van der Waals surface area contributed by atoms with Crippen LogP contribution in [-0.2, 0) is 9.53 Å². The van der Waals surface area contributed by atoms with Crippen molar-refractivity contribution in [3.8, 4) is 5.75 Å². The summed E-state index contributed by atoms with van der Waals surface area (Å²) < 4.78 is 25.0. The number of carbonyl (C=O) groups excluding carboxylic acids is 1. The molecule has 1 amide bonds. The van der Waals surface area contributed by atoms with E-state index in [4.69, 9.17) is 9.47 Å². The molecule has 1 aliphatic heterocycles. The molecule has 6 heteroatoms. The van der Waals surface area contributed by atoms with Gasteiger partial charge in [-0.15, -0.1) is 0 Å². The Labute approximate surface area is 187 Å². The summed E-state index contributed by atoms with van der Waals surface area (Å²) in [6, 6.07) is 23.0. The zero-order valence-electron chi connectivity index (χ0n) is 18.0. The molecule has 2 unspecified atom stereocenters. The van der Waals surface area contributed by atoms with E-state index in [0.717, 1.165) is 11.1 Å². The number of hydrogen-bond donors (Lipinski definition) is 1. The number of carbonyl (C=O) groups is 1. The Bertz CT molecular complexity index is 1030. The third kappa shape index (κ3) is 5.15. The lowest BCUT2D eigenvalue weighted by molar-refractivity contribution is -0.125. The van der Waals surface area contributed by atoms with Gasteiger partial charge < -0.3 is 14.8 Å². The maximum absolute atomic E-state index is 13.6. The molecule has 0 radical (unpaired) electrons. The van der Waals surface area contributed by atoms with Gasteiger partial charge in [0, 0.05) is 13.1 Å². The van der Waals surface area contributed by atoms with Crippen molar-refractivity contribution >= 4 is 11.6 Å². The predicted molar refractivity (Wildman–Crippen MR) is 122 cm³/mol. The van der Waals surface area contributed by atoms with Crippen LogP contribution < -0.4 is 10.1 Å². The van der Waals surface area contributed by atoms with Gasteiger partial charge in [0.2, 0.25) is 5.91 Å². The minimum atomic E-state index is -0.502. The Morgan fingerprint density at radius 2 is 1.81 bits per heavy atom. The van der Waals surface area contributed by atoms with Gasteiger partial charge >= 0.3 is 0 Å². The first-order valence-corrected chi connectivity index (χ1v) is 10.8. The molecular formula is C26H27FN2O3. The first-order chi connectivity index (χ1) is 15.7. The smallest absolute Gasteiger partial charge is 0.246 e. The standard InChI is InChI=1S/C26H27FN2O3/c1-2-31-23-11-7-6-10-22(23)28-26(30)25(20-8-4-3-5-9-20)29-16-17-32-24(18-29)19-12-14-21(27)15-13-19/h3-15,24-25H,2,16-18H2,1H3,(H,28,30). The monoisotopic (exact) mass is 434 g/mol. The average Bonchev–Trinajstić information content (AvgIpc) is 2.82. The fourth-order valence-electron chi connectivity index (χ4n) is 4.00. The SMILES string of the molecule is CCOc1ccccc1NC(=O)C(c1ccccc1)N1CCOC(c2ccc(F)cc2)C1. The first-order valence-electron chi connectivity index (χ1n) is 10.8. The van der Waals surface area contributed by atoms with Crippen LogP contribution in [-0.4, -0.2) is 37.1 Å². The molecule has 0 aliphatic carbocycles. The first kappa shape index (κ1) is 22.0. The summed E-state index contributed by atoms with van der Waals surface area (Å²) in [5, 5.41) is 3.06. The summed E-state index contributed by atoms with van der Waals surface area (Å²) in [6.07, 6.45) is -0.237. The number of halogens is 1. The summed E-state index contributed by atoms with van der Waals surface area (Å²) in [4.78, 5) is 15.7. The van der Waals surface area contributed by atoms with E-state index in [-0.39, 0.29) is 17.8 Å². The van der Waals surface area contributed by atoms with Crippen molar-refractivity contribution in [2.45, 2.75) is 19.1 Å². The lowest BCUT2D eigenvalue weighted by atomic mass is 10.0. The number of para-hydroxylation sites is 2. The van der Waals surface area contributed by atoms with Crippen LogP contribution in [0.25, 0.3) is 0 Å². The normalized spacial score (nSPS) is 17.5. The number of amides is 1. The second kappa shape index (κ2) is 10.4. The van der Waals surface area contributed by atoms with Crippen molar-refractivity contribution in [2.75, 3.05) is 31.6 Å². The molecule has 1 fully saturated rings. The molecule has 4 rings (SSSR count). The highest BCUT2D eigenvalue weighted by Crippen LogP contribution is 2.31. The molecule has 1 aliphatic rings. The van der Waals surface area contributed by atoms with Crippen LogP contribution in [0, 0.1) is 5.82 Å². The molecule has 166 valence electrons. The molecule has 1 N–H and O–H groups in total. The zero-order valence-corrected chi connectivity index (χ0v) is 18.0. The molecular weight excluding hydrogens is 407 g/mol. The van der Waals surface area contributed by atoms with Gasteiger partial charge in [-0.3, -0.25) is 9.69 Å². The van der Waals surface area contributed by atoms with Crippen molar-refractivity contribution in [1.82, 2.24) is 4.90 Å². The van der Waals surface area contributed by atoms with E-state index in [1.807, 2.05) is 61.5 Å². The minimum absolute atomic E-state index is 0.136. The van der Waals surface area contributed by atoms with Crippen molar-refractivity contribution in [3.05, 3.63) is 95.8 Å². The minimum Gasteiger partial charge on any atom is -0.492 e. The Balaban J connectivity index is 1.59. The van der Waals surface area contributed by atoms with E-state index in [2.05, 4.69) is 10.2 Å². The second-order valence-corrected chi connectivity index (χ2v) is 7.64. The van der Waals surface area contributed by atoms with Crippen LogP contribution in [0.1, 0.15) is 30.2 Å². The number of ether oxygens (including phenoxy) is 2. The zero-order chi connectivity index (χ0) is 22.3. The molecule has 0 saturated carbocycles. The predicted octanol–water partition coefficient (Wildman–Crippen LogP) is 4.98. The van der Waals surface area contributed by atoms with Crippen LogP contribution in [0.5, 0.6) is 5.75 Å². The lowest BCUT2D eigenvalue weighted by Gasteiger charge is -2.38. The molecule has 32 heavy (non-hydrogen) atoms. The summed E-state index contributed by atoms with van der Waals surface area (Å²) >= 11 is 0. The third-order valence-corrected chi connectivity index (χ3v) is 5.51. The van der Waals surface area contributed by atoms with Gasteiger partial charge in [0.1, 0.15) is 17.6 Å². The summed E-state index contributed by atoms with van der Waals surface area (Å²) in [5.41, 5.74) is 2.44. The number of hydrogen-bond acceptors (Lipinski definition) is 4. The number of rotatable bonds is 7. The maximum Gasteiger partial charge on any atom is 0.246 e. The van der Waals surface area contributed by atoms with E-state index in [1.54, 1.807) is 12.1 Å². The molecule has 3 aromatic rings. The van der Waals surface area contributed by atoms with Gasteiger partial charge in [-0.25, -0.2) is 4.39 Å². The highest BCUT2D eigenvalue weighted by atomic mass is 19.1. The van der Waals surface area contributed by atoms with Crippen molar-refractivity contribution in [2.24, 2.45) is 0 Å². The van der Waals surface area contributed by atoms with E-state index in [9.17, 15) is 9.18 Å². The number of benzene rings is 3. The Hall–Kier alpha value is -3.22. The molecule has 3 aromatic carbocycles. The van der Waals surface area contributed by atoms with Gasteiger partial charge in [0.15, 0.2) is 0 Å². The third-order valence-electron chi connectivity index (χ3n) is 5.51. The number of morpholine rings is 1. The number of anilines is 1. The molecule has 1 saturated heterocycles. The van der Waals surface area contributed by atoms with E-state index >= 15 is 0 Å². The molecule has 0 aromatic heterocycles. The molecule has 2 atom stereocenters. The van der Waals surface area contributed by atoms with Crippen LogP contribution in [0.15, 0.2) is 78.9 Å². The van der Waals surface area contributed by atoms with Gasteiger partial charge in [-0.2, -0.15) is 0 Å². The van der Waals surface area contributed by atoms with Crippen molar-refractivity contribution in [3.63, 3.8) is 0 Å². The largest absolute Gasteiger partial charge is 0.492 e.